The Morgan fingerprint density at radius 2 is 1.81 bits per heavy atom. The molecule has 3 nitrogen and oxygen atoms in total. The van der Waals surface area contributed by atoms with Crippen LogP contribution in [0.3, 0.4) is 0 Å². The Balaban J connectivity index is 2.70. The van der Waals surface area contributed by atoms with Crippen molar-refractivity contribution in [1.82, 2.24) is 4.98 Å². The summed E-state index contributed by atoms with van der Waals surface area (Å²) in [5.41, 5.74) is 0.0769. The van der Waals surface area contributed by atoms with Crippen molar-refractivity contribution in [3.05, 3.63) is 66.3 Å². The van der Waals surface area contributed by atoms with Crippen molar-refractivity contribution in [3.8, 4) is 0 Å². The van der Waals surface area contributed by atoms with E-state index in [-0.39, 0.29) is 14.5 Å². The van der Waals surface area contributed by atoms with Gasteiger partial charge in [0.2, 0.25) is 0 Å². The molecule has 1 heterocycles. The fourth-order valence-corrected chi connectivity index (χ4v) is 3.75. The van der Waals surface area contributed by atoms with Crippen molar-refractivity contribution in [1.29, 1.82) is 0 Å². The summed E-state index contributed by atoms with van der Waals surface area (Å²) in [7, 11) is 0. The van der Waals surface area contributed by atoms with Crippen LogP contribution >= 0.6 is 0 Å². The molecule has 0 fully saturated rings. The predicted molar refractivity (Wildman–Crippen MR) is 63.1 cm³/mol. The number of aromatic nitrogens is 1. The molecule has 0 amide bonds. The third-order valence-corrected chi connectivity index (χ3v) is 4.83. The van der Waals surface area contributed by atoms with E-state index in [4.69, 9.17) is 0 Å². The van der Waals surface area contributed by atoms with Crippen LogP contribution in [0.5, 0.6) is 0 Å². The molecule has 0 aromatic heterocycles. The first-order valence-corrected chi connectivity index (χ1v) is 6.52. The molecule has 1 aromatic carbocycles. The normalized spacial score (nSPS) is 11.0. The third kappa shape index (κ3) is 1.35. The molecule has 2 aliphatic rings. The molecular formula is C12H7NO2Se. The molecule has 1 aliphatic carbocycles. The Morgan fingerprint density at radius 1 is 1.00 bits per heavy atom. The molecule has 1 aliphatic heterocycles. The summed E-state index contributed by atoms with van der Waals surface area (Å²) in [5, 5.41) is 0.464. The van der Waals surface area contributed by atoms with Crippen molar-refractivity contribution in [2.75, 3.05) is 0 Å². The standard InChI is InChI=1S/C12H7NO2Se/c14-8-5-6-10-11(12(8)15)13-7-3-1-2-4-9(7)16-10/h1-6,13H. The fourth-order valence-electron chi connectivity index (χ4n) is 1.66. The van der Waals surface area contributed by atoms with Gasteiger partial charge in [-0.25, -0.2) is 0 Å². The number of rotatable bonds is 0. The zero-order valence-corrected chi connectivity index (χ0v) is 9.90. The molecule has 0 unspecified atom stereocenters. The molecule has 1 N–H and O–H groups in total. The van der Waals surface area contributed by atoms with Crippen molar-refractivity contribution in [2.24, 2.45) is 0 Å². The van der Waals surface area contributed by atoms with Gasteiger partial charge in [0.1, 0.15) is 0 Å². The van der Waals surface area contributed by atoms with E-state index >= 15 is 0 Å². The quantitative estimate of drug-likeness (QED) is 0.484. The second kappa shape index (κ2) is 3.44. The molecular weight excluding hydrogens is 269 g/mol. The number of aromatic amines is 1. The number of nitrogens with one attached hydrogen (secondary N) is 1. The maximum absolute atomic E-state index is 11.7. The number of para-hydroxylation sites is 1. The summed E-state index contributed by atoms with van der Waals surface area (Å²) in [6.45, 7) is 0. The minimum atomic E-state index is -0.443. The van der Waals surface area contributed by atoms with Crippen LogP contribution in [-0.2, 0) is 0 Å². The van der Waals surface area contributed by atoms with Crippen LogP contribution in [0.15, 0.2) is 46.0 Å². The third-order valence-electron chi connectivity index (χ3n) is 2.45. The number of hydrogen-bond acceptors (Lipinski definition) is 2. The van der Waals surface area contributed by atoms with Crippen molar-refractivity contribution in [2.45, 2.75) is 0 Å². The molecule has 4 heteroatoms. The number of H-pyrrole nitrogens is 1. The van der Waals surface area contributed by atoms with Crippen LogP contribution in [0.4, 0.5) is 0 Å². The van der Waals surface area contributed by atoms with E-state index in [1.807, 2.05) is 24.3 Å². The Labute approximate surface area is 95.8 Å². The van der Waals surface area contributed by atoms with Gasteiger partial charge < -0.3 is 0 Å². The van der Waals surface area contributed by atoms with Crippen LogP contribution in [0, 0.1) is 9.44 Å². The zero-order valence-electron chi connectivity index (χ0n) is 8.19. The monoisotopic (exact) mass is 277 g/mol. The van der Waals surface area contributed by atoms with Gasteiger partial charge in [-0.3, -0.25) is 0 Å². The van der Waals surface area contributed by atoms with Crippen molar-refractivity contribution >= 4 is 24.3 Å². The van der Waals surface area contributed by atoms with Crippen LogP contribution in [0.2, 0.25) is 0 Å². The molecule has 1 aromatic rings. The second-order valence-electron chi connectivity index (χ2n) is 3.49. The number of hydrogen-bond donors (Lipinski definition) is 1. The van der Waals surface area contributed by atoms with Gasteiger partial charge in [0.05, 0.1) is 0 Å². The molecule has 0 bridgehead atoms. The molecule has 78 valence electrons. The Kier molecular flexibility index (Phi) is 2.06. The van der Waals surface area contributed by atoms with E-state index in [2.05, 4.69) is 4.98 Å². The Hall–Kier alpha value is -1.64. The predicted octanol–water partition coefficient (Wildman–Crippen LogP) is 0.670. The fraction of sp³-hybridized carbons (Fsp3) is 0. The second-order valence-corrected chi connectivity index (χ2v) is 5.76. The Bertz CT molecular complexity index is 847. The van der Waals surface area contributed by atoms with E-state index < -0.39 is 10.9 Å². The van der Waals surface area contributed by atoms with Crippen molar-refractivity contribution < 1.29 is 0 Å². The summed E-state index contributed by atoms with van der Waals surface area (Å²) in [6, 6.07) is 11.0. The molecule has 0 saturated heterocycles. The van der Waals surface area contributed by atoms with E-state index in [0.29, 0.717) is 5.35 Å². The van der Waals surface area contributed by atoms with Gasteiger partial charge in [-0.2, -0.15) is 0 Å². The Morgan fingerprint density at radius 3 is 2.69 bits per heavy atom. The minimum absolute atomic E-state index is 0.101. The summed E-state index contributed by atoms with van der Waals surface area (Å²) in [4.78, 5) is 26.0. The van der Waals surface area contributed by atoms with Gasteiger partial charge in [-0.1, -0.05) is 0 Å². The number of benzene rings is 1. The first kappa shape index (κ1) is 9.58. The summed E-state index contributed by atoms with van der Waals surface area (Å²) < 4.78 is 2.16. The topological polar surface area (TPSA) is 49.9 Å². The van der Waals surface area contributed by atoms with E-state index in [1.54, 1.807) is 6.07 Å². The number of fused-ring (bicyclic) bond motifs is 1. The molecule has 16 heavy (non-hydrogen) atoms. The van der Waals surface area contributed by atoms with Crippen LogP contribution in [0.1, 0.15) is 0 Å². The summed E-state index contributed by atoms with van der Waals surface area (Å²) in [5.74, 6) is 0. The van der Waals surface area contributed by atoms with Gasteiger partial charge >= 0.3 is 95.6 Å². The first-order chi connectivity index (χ1) is 7.75. The van der Waals surface area contributed by atoms with Gasteiger partial charge in [-0.05, 0) is 0 Å². The SMILES string of the molecule is O=c1ccc2[se]c3ccccc3[nH]c=2c1=O. The molecule has 0 saturated carbocycles. The van der Waals surface area contributed by atoms with Gasteiger partial charge in [-0.15, -0.1) is 0 Å². The van der Waals surface area contributed by atoms with Gasteiger partial charge in [0, 0.05) is 0 Å². The van der Waals surface area contributed by atoms with Crippen LogP contribution < -0.4 is 10.9 Å². The molecule has 0 radical (unpaired) electrons. The zero-order chi connectivity index (χ0) is 11.1. The summed E-state index contributed by atoms with van der Waals surface area (Å²) in [6.07, 6.45) is 0. The first-order valence-electron chi connectivity index (χ1n) is 4.80. The van der Waals surface area contributed by atoms with Gasteiger partial charge in [0.15, 0.2) is 0 Å². The van der Waals surface area contributed by atoms with Gasteiger partial charge in [0.25, 0.3) is 0 Å². The van der Waals surface area contributed by atoms with Crippen LogP contribution in [0.25, 0.3) is 9.78 Å². The maximum atomic E-state index is 11.7. The molecule has 3 rings (SSSR count). The summed E-state index contributed by atoms with van der Waals surface area (Å²) >= 11 is 0.101. The molecule has 0 spiro atoms. The average Bonchev–Trinajstić information content (AvgIpc) is 2.32. The van der Waals surface area contributed by atoms with E-state index in [1.165, 1.54) is 10.3 Å². The van der Waals surface area contributed by atoms with Crippen LogP contribution in [-0.4, -0.2) is 19.5 Å². The van der Waals surface area contributed by atoms with Crippen molar-refractivity contribution in [3.63, 3.8) is 0 Å². The van der Waals surface area contributed by atoms with E-state index in [0.717, 1.165) is 9.61 Å². The average molecular weight is 276 g/mol. The molecule has 0 atom stereocenters. The van der Waals surface area contributed by atoms with E-state index in [9.17, 15) is 9.59 Å².